The van der Waals surface area contributed by atoms with Gasteiger partial charge in [-0.25, -0.2) is 4.98 Å². The molecule has 4 aliphatic rings. The van der Waals surface area contributed by atoms with Crippen molar-refractivity contribution in [3.8, 4) is 22.9 Å². The van der Waals surface area contributed by atoms with E-state index in [2.05, 4.69) is 37.6 Å². The average molecular weight is 734 g/mol. The minimum absolute atomic E-state index is 0.0893. The Morgan fingerprint density at radius 3 is 2.37 bits per heavy atom. The van der Waals surface area contributed by atoms with E-state index < -0.39 is 29.7 Å². The zero-order valence-corrected chi connectivity index (χ0v) is 30.4. The van der Waals surface area contributed by atoms with Crippen LogP contribution in [-0.4, -0.2) is 102 Å². The number of ether oxygens (including phenoxy) is 2. The number of carbonyl (C=O) groups is 4. The number of benzene rings is 3. The van der Waals surface area contributed by atoms with Crippen LogP contribution in [0.4, 0.5) is 11.4 Å². The summed E-state index contributed by atoms with van der Waals surface area (Å²) in [5, 5.41) is 6.22. The van der Waals surface area contributed by atoms with Crippen LogP contribution in [0.5, 0.6) is 11.5 Å². The maximum Gasteiger partial charge on any atom is 0.262 e. The van der Waals surface area contributed by atoms with Crippen molar-refractivity contribution < 1.29 is 28.7 Å². The number of nitrogens with zero attached hydrogens (tertiary/aromatic N) is 4. The van der Waals surface area contributed by atoms with Crippen molar-refractivity contribution in [2.75, 3.05) is 57.2 Å². The smallest absolute Gasteiger partial charge is 0.262 e. The van der Waals surface area contributed by atoms with Crippen LogP contribution in [0.15, 0.2) is 59.4 Å². The first-order chi connectivity index (χ1) is 26.2. The van der Waals surface area contributed by atoms with Crippen LogP contribution in [0.1, 0.15) is 59.2 Å². The van der Waals surface area contributed by atoms with E-state index in [1.54, 1.807) is 31.4 Å². The SMILES string of the molecule is COc1cc(OC)c2c(=O)[nH]c(-c3ccc(N4CCC(CN5CCC[C@H](Nc6ccc7c(c6)C(=O)N(C6CCC(=O)NC6=O)C7=O)C5)CC4)cc3)nc2c1. The van der Waals surface area contributed by atoms with Crippen LogP contribution < -0.4 is 30.6 Å². The van der Waals surface area contributed by atoms with Crippen molar-refractivity contribution >= 4 is 45.9 Å². The molecule has 4 aliphatic heterocycles. The van der Waals surface area contributed by atoms with Crippen molar-refractivity contribution in [2.24, 2.45) is 5.92 Å². The fraction of sp³-hybridized carbons (Fsp3) is 0.400. The van der Waals surface area contributed by atoms with Crippen molar-refractivity contribution in [3.63, 3.8) is 0 Å². The number of aromatic amines is 1. The number of methoxy groups -OCH3 is 2. The van der Waals surface area contributed by atoms with Crippen LogP contribution >= 0.6 is 0 Å². The molecule has 280 valence electrons. The summed E-state index contributed by atoms with van der Waals surface area (Å²) in [6.07, 6.45) is 4.46. The van der Waals surface area contributed by atoms with Crippen molar-refractivity contribution in [1.82, 2.24) is 25.1 Å². The van der Waals surface area contributed by atoms with E-state index in [0.717, 1.165) is 80.2 Å². The lowest BCUT2D eigenvalue weighted by Gasteiger charge is -2.39. The molecule has 4 aromatic rings. The second kappa shape index (κ2) is 14.6. The van der Waals surface area contributed by atoms with Gasteiger partial charge in [0.15, 0.2) is 0 Å². The molecule has 0 bridgehead atoms. The molecule has 4 amide bonds. The fourth-order valence-corrected chi connectivity index (χ4v) is 8.33. The lowest BCUT2D eigenvalue weighted by atomic mass is 9.94. The topological polar surface area (TPSA) is 166 Å². The molecule has 3 aromatic carbocycles. The minimum Gasteiger partial charge on any atom is -0.497 e. The third-order valence-electron chi connectivity index (χ3n) is 11.2. The number of carbonyl (C=O) groups excluding carboxylic acids is 4. The number of likely N-dealkylation sites (tertiary alicyclic amines) is 1. The molecule has 3 N–H and O–H groups in total. The molecule has 8 rings (SSSR count). The minimum atomic E-state index is -0.978. The lowest BCUT2D eigenvalue weighted by molar-refractivity contribution is -0.136. The van der Waals surface area contributed by atoms with Gasteiger partial charge in [0.1, 0.15) is 28.8 Å². The number of piperidine rings is 3. The van der Waals surface area contributed by atoms with Crippen molar-refractivity contribution in [1.29, 1.82) is 0 Å². The first kappa shape index (κ1) is 35.3. The largest absolute Gasteiger partial charge is 0.497 e. The zero-order valence-electron chi connectivity index (χ0n) is 30.4. The number of hydrogen-bond donors (Lipinski definition) is 3. The van der Waals surface area contributed by atoms with Crippen molar-refractivity contribution in [3.05, 3.63) is 76.1 Å². The van der Waals surface area contributed by atoms with Gasteiger partial charge in [0.25, 0.3) is 17.4 Å². The Labute approximate surface area is 311 Å². The highest BCUT2D eigenvalue weighted by Gasteiger charge is 2.44. The molecule has 0 spiro atoms. The molecule has 2 atom stereocenters. The third-order valence-corrected chi connectivity index (χ3v) is 11.2. The maximum atomic E-state index is 13.3. The Hall–Kier alpha value is -5.76. The standard InChI is InChI=1S/C40H43N7O7/c1-53-28-19-31-35(33(20-28)54-2)38(50)44-36(42-31)24-5-8-27(9-6-24)46-16-13-23(14-17-46)21-45-15-3-4-26(22-45)41-25-7-10-29-30(18-25)40(52)47(39(29)51)32-11-12-34(48)43-37(32)49/h5-10,18-20,23,26,32,41H,3-4,11-17,21-22H2,1-2H3,(H,42,44,50)(H,43,48,49)/t26-,32?/m0/s1. The summed E-state index contributed by atoms with van der Waals surface area (Å²) in [6, 6.07) is 16.0. The average Bonchev–Trinajstić information content (AvgIpc) is 3.42. The van der Waals surface area contributed by atoms with Crippen LogP contribution in [0.2, 0.25) is 0 Å². The van der Waals surface area contributed by atoms with E-state index in [-0.39, 0.29) is 35.6 Å². The van der Waals surface area contributed by atoms with E-state index in [1.165, 1.54) is 7.11 Å². The quantitative estimate of drug-likeness (QED) is 0.214. The second-order valence-electron chi connectivity index (χ2n) is 14.6. The van der Waals surface area contributed by atoms with Crippen molar-refractivity contribution in [2.45, 2.75) is 50.6 Å². The summed E-state index contributed by atoms with van der Waals surface area (Å²) >= 11 is 0. The van der Waals surface area contributed by atoms with Gasteiger partial charge in [-0.1, -0.05) is 0 Å². The molecular weight excluding hydrogens is 690 g/mol. The van der Waals surface area contributed by atoms with E-state index in [4.69, 9.17) is 14.5 Å². The molecule has 54 heavy (non-hydrogen) atoms. The van der Waals surface area contributed by atoms with E-state index in [9.17, 15) is 24.0 Å². The first-order valence-electron chi connectivity index (χ1n) is 18.5. The molecule has 1 unspecified atom stereocenters. The first-order valence-corrected chi connectivity index (χ1v) is 18.5. The van der Waals surface area contributed by atoms with Gasteiger partial charge >= 0.3 is 0 Å². The Bertz CT molecular complexity index is 2200. The number of amides is 4. The number of aromatic nitrogens is 2. The lowest BCUT2D eigenvalue weighted by Crippen LogP contribution is -2.54. The summed E-state index contributed by atoms with van der Waals surface area (Å²) in [4.78, 5) is 77.0. The highest BCUT2D eigenvalue weighted by molar-refractivity contribution is 6.23. The molecule has 1 aromatic heterocycles. The van der Waals surface area contributed by atoms with Crippen LogP contribution in [0, 0.1) is 5.92 Å². The fourth-order valence-electron chi connectivity index (χ4n) is 8.33. The normalized spacial score (nSPS) is 21.0. The van der Waals surface area contributed by atoms with Crippen LogP contribution in [0.25, 0.3) is 22.3 Å². The van der Waals surface area contributed by atoms with Crippen LogP contribution in [0.3, 0.4) is 0 Å². The monoisotopic (exact) mass is 733 g/mol. The number of H-pyrrole nitrogens is 1. The second-order valence-corrected chi connectivity index (χ2v) is 14.6. The molecule has 5 heterocycles. The predicted molar refractivity (Wildman–Crippen MR) is 202 cm³/mol. The number of imide groups is 2. The Balaban J connectivity index is 0.849. The van der Waals surface area contributed by atoms with E-state index in [1.807, 2.05) is 18.2 Å². The number of anilines is 2. The van der Waals surface area contributed by atoms with Gasteiger partial charge in [-0.3, -0.25) is 34.2 Å². The Morgan fingerprint density at radius 2 is 1.63 bits per heavy atom. The van der Waals surface area contributed by atoms with Gasteiger partial charge in [0, 0.05) is 67.7 Å². The van der Waals surface area contributed by atoms with Gasteiger partial charge < -0.3 is 29.6 Å². The maximum absolute atomic E-state index is 13.3. The molecule has 0 saturated carbocycles. The molecule has 0 radical (unpaired) electrons. The molecule has 3 saturated heterocycles. The van der Waals surface area contributed by atoms with Gasteiger partial charge in [-0.15, -0.1) is 0 Å². The van der Waals surface area contributed by atoms with Crippen LogP contribution in [-0.2, 0) is 9.59 Å². The van der Waals surface area contributed by atoms with Gasteiger partial charge in [-0.2, -0.15) is 0 Å². The van der Waals surface area contributed by atoms with Gasteiger partial charge in [0.05, 0.1) is 30.9 Å². The molecular formula is C40H43N7O7. The summed E-state index contributed by atoms with van der Waals surface area (Å²) in [5.41, 5.74) is 3.53. The number of rotatable bonds is 9. The molecule has 3 fully saturated rings. The number of fused-ring (bicyclic) bond motifs is 2. The Morgan fingerprint density at radius 1 is 0.852 bits per heavy atom. The zero-order chi connectivity index (χ0) is 37.5. The highest BCUT2D eigenvalue weighted by Crippen LogP contribution is 2.32. The predicted octanol–water partition coefficient (Wildman–Crippen LogP) is 3.80. The van der Waals surface area contributed by atoms with Gasteiger partial charge in [0.2, 0.25) is 11.8 Å². The Kier molecular flexibility index (Phi) is 9.52. The van der Waals surface area contributed by atoms with E-state index >= 15 is 0 Å². The van der Waals surface area contributed by atoms with E-state index in [0.29, 0.717) is 34.1 Å². The summed E-state index contributed by atoms with van der Waals surface area (Å²) in [7, 11) is 3.08. The number of hydrogen-bond acceptors (Lipinski definition) is 11. The molecule has 14 nitrogen and oxygen atoms in total. The summed E-state index contributed by atoms with van der Waals surface area (Å²) in [5.74, 6) is 0.0471. The molecule has 0 aliphatic carbocycles. The summed E-state index contributed by atoms with van der Waals surface area (Å²) in [6.45, 7) is 4.88. The summed E-state index contributed by atoms with van der Waals surface area (Å²) < 4.78 is 10.8. The number of nitrogens with one attached hydrogen (secondary N) is 3. The third kappa shape index (κ3) is 6.77. The molecule has 14 heteroatoms. The van der Waals surface area contributed by atoms with Gasteiger partial charge in [-0.05, 0) is 87.0 Å². The highest BCUT2D eigenvalue weighted by atomic mass is 16.5.